The molecule has 2 aromatic rings. The number of aromatic nitrogens is 2. The van der Waals surface area contributed by atoms with E-state index in [2.05, 4.69) is 15.5 Å². The molecule has 0 unspecified atom stereocenters. The SMILES string of the molecule is CCc1ccc(C(=O)Nc2[nH]ncc2C(N)=S)o1. The summed E-state index contributed by atoms with van der Waals surface area (Å²) in [6.45, 7) is 1.94. The van der Waals surface area contributed by atoms with E-state index in [1.165, 1.54) is 6.20 Å². The fraction of sp³-hybridized carbons (Fsp3) is 0.182. The Kier molecular flexibility index (Phi) is 3.42. The summed E-state index contributed by atoms with van der Waals surface area (Å²) in [4.78, 5) is 12.0. The lowest BCUT2D eigenvalue weighted by molar-refractivity contribution is 0.0994. The quantitative estimate of drug-likeness (QED) is 0.726. The molecule has 0 bridgehead atoms. The minimum atomic E-state index is -0.378. The minimum Gasteiger partial charge on any atom is -0.456 e. The molecule has 0 aliphatic carbocycles. The van der Waals surface area contributed by atoms with Gasteiger partial charge in [-0.3, -0.25) is 9.89 Å². The molecule has 0 radical (unpaired) electrons. The Bertz CT molecular complexity index is 587. The zero-order chi connectivity index (χ0) is 13.1. The van der Waals surface area contributed by atoms with E-state index in [1.54, 1.807) is 12.1 Å². The van der Waals surface area contributed by atoms with E-state index in [1.807, 2.05) is 6.92 Å². The molecule has 0 fully saturated rings. The van der Waals surface area contributed by atoms with Gasteiger partial charge in [0.05, 0.1) is 11.8 Å². The number of anilines is 1. The molecule has 2 heterocycles. The van der Waals surface area contributed by atoms with Gasteiger partial charge in [-0.15, -0.1) is 0 Å². The number of carbonyl (C=O) groups is 1. The van der Waals surface area contributed by atoms with E-state index < -0.39 is 0 Å². The van der Waals surface area contributed by atoms with Crippen molar-refractivity contribution in [1.82, 2.24) is 10.2 Å². The second-order valence-electron chi connectivity index (χ2n) is 3.60. The van der Waals surface area contributed by atoms with Crippen molar-refractivity contribution < 1.29 is 9.21 Å². The number of amides is 1. The molecule has 0 aromatic carbocycles. The number of rotatable bonds is 4. The van der Waals surface area contributed by atoms with Gasteiger partial charge < -0.3 is 15.5 Å². The Hall–Kier alpha value is -2.15. The summed E-state index contributed by atoms with van der Waals surface area (Å²) in [7, 11) is 0. The van der Waals surface area contributed by atoms with Crippen molar-refractivity contribution in [1.29, 1.82) is 0 Å². The molecule has 4 N–H and O–H groups in total. The Morgan fingerprint density at radius 2 is 2.39 bits per heavy atom. The van der Waals surface area contributed by atoms with Crippen LogP contribution >= 0.6 is 12.2 Å². The maximum absolute atomic E-state index is 11.9. The van der Waals surface area contributed by atoms with E-state index in [9.17, 15) is 4.79 Å². The van der Waals surface area contributed by atoms with Crippen LogP contribution in [0.2, 0.25) is 0 Å². The second kappa shape index (κ2) is 5.01. The van der Waals surface area contributed by atoms with Crippen LogP contribution in [-0.4, -0.2) is 21.1 Å². The zero-order valence-corrected chi connectivity index (χ0v) is 10.5. The van der Waals surface area contributed by atoms with Crippen molar-refractivity contribution in [2.75, 3.05) is 5.32 Å². The highest BCUT2D eigenvalue weighted by molar-refractivity contribution is 7.80. The summed E-state index contributed by atoms with van der Waals surface area (Å²) in [5.41, 5.74) is 5.98. The topological polar surface area (TPSA) is 96.9 Å². The third kappa shape index (κ3) is 2.40. The third-order valence-electron chi connectivity index (χ3n) is 2.38. The first kappa shape index (κ1) is 12.3. The zero-order valence-electron chi connectivity index (χ0n) is 9.69. The van der Waals surface area contributed by atoms with Gasteiger partial charge in [-0.05, 0) is 12.1 Å². The smallest absolute Gasteiger partial charge is 0.292 e. The van der Waals surface area contributed by atoms with E-state index in [0.717, 1.165) is 12.2 Å². The van der Waals surface area contributed by atoms with Crippen LogP contribution in [0.15, 0.2) is 22.7 Å². The second-order valence-corrected chi connectivity index (χ2v) is 4.04. The first-order valence-corrected chi connectivity index (χ1v) is 5.76. The summed E-state index contributed by atoms with van der Waals surface area (Å²) in [6, 6.07) is 3.38. The van der Waals surface area contributed by atoms with Gasteiger partial charge in [0.1, 0.15) is 16.6 Å². The number of nitrogens with zero attached hydrogens (tertiary/aromatic N) is 1. The normalized spacial score (nSPS) is 10.3. The van der Waals surface area contributed by atoms with E-state index in [-0.39, 0.29) is 16.7 Å². The number of furan rings is 1. The number of nitrogens with two attached hydrogens (primary N) is 1. The number of thiocarbonyl (C=S) groups is 1. The van der Waals surface area contributed by atoms with Crippen LogP contribution in [0.3, 0.4) is 0 Å². The molecule has 18 heavy (non-hydrogen) atoms. The number of nitrogens with one attached hydrogen (secondary N) is 2. The summed E-state index contributed by atoms with van der Waals surface area (Å²) in [6.07, 6.45) is 2.19. The molecule has 1 amide bonds. The maximum atomic E-state index is 11.9. The number of aromatic amines is 1. The van der Waals surface area contributed by atoms with Crippen LogP contribution < -0.4 is 11.1 Å². The average molecular weight is 264 g/mol. The Morgan fingerprint density at radius 3 is 3.00 bits per heavy atom. The summed E-state index contributed by atoms with van der Waals surface area (Å²) in [5, 5.41) is 9.00. The Balaban J connectivity index is 2.16. The molecule has 0 atom stereocenters. The number of hydrogen-bond donors (Lipinski definition) is 3. The average Bonchev–Trinajstić information content (AvgIpc) is 2.96. The van der Waals surface area contributed by atoms with Crippen molar-refractivity contribution in [2.24, 2.45) is 5.73 Å². The minimum absolute atomic E-state index is 0.160. The van der Waals surface area contributed by atoms with Crippen LogP contribution in [0.4, 0.5) is 5.82 Å². The van der Waals surface area contributed by atoms with Crippen molar-refractivity contribution in [3.05, 3.63) is 35.4 Å². The van der Waals surface area contributed by atoms with E-state index >= 15 is 0 Å². The Labute approximate surface area is 109 Å². The van der Waals surface area contributed by atoms with Crippen molar-refractivity contribution in [2.45, 2.75) is 13.3 Å². The van der Waals surface area contributed by atoms with Crippen LogP contribution in [0, 0.1) is 0 Å². The third-order valence-corrected chi connectivity index (χ3v) is 2.60. The predicted octanol–water partition coefficient (Wildman–Crippen LogP) is 1.45. The molecule has 0 aliphatic rings. The summed E-state index contributed by atoms with van der Waals surface area (Å²) in [5.74, 6) is 0.966. The molecule has 7 heteroatoms. The van der Waals surface area contributed by atoms with E-state index in [0.29, 0.717) is 11.4 Å². The number of H-pyrrole nitrogens is 1. The van der Waals surface area contributed by atoms with Crippen LogP contribution in [0.25, 0.3) is 0 Å². The molecule has 0 saturated carbocycles. The molecular weight excluding hydrogens is 252 g/mol. The lowest BCUT2D eigenvalue weighted by atomic mass is 10.3. The Morgan fingerprint density at radius 1 is 1.61 bits per heavy atom. The van der Waals surface area contributed by atoms with Gasteiger partial charge in [-0.1, -0.05) is 19.1 Å². The lowest BCUT2D eigenvalue weighted by Crippen LogP contribution is -2.16. The van der Waals surface area contributed by atoms with Crippen LogP contribution in [-0.2, 0) is 6.42 Å². The molecule has 2 aromatic heterocycles. The highest BCUT2D eigenvalue weighted by Gasteiger charge is 2.15. The number of hydrogen-bond acceptors (Lipinski definition) is 4. The van der Waals surface area contributed by atoms with E-state index in [4.69, 9.17) is 22.4 Å². The van der Waals surface area contributed by atoms with Crippen molar-refractivity contribution in [3.63, 3.8) is 0 Å². The lowest BCUT2D eigenvalue weighted by Gasteiger charge is -2.02. The first-order valence-electron chi connectivity index (χ1n) is 5.35. The van der Waals surface area contributed by atoms with Crippen LogP contribution in [0.5, 0.6) is 0 Å². The van der Waals surface area contributed by atoms with Gasteiger partial charge in [0.2, 0.25) is 0 Å². The molecule has 0 spiro atoms. The first-order chi connectivity index (χ1) is 8.61. The van der Waals surface area contributed by atoms with Gasteiger partial charge in [0.15, 0.2) is 5.76 Å². The van der Waals surface area contributed by atoms with Gasteiger partial charge in [-0.2, -0.15) is 5.10 Å². The van der Waals surface area contributed by atoms with Gasteiger partial charge in [-0.25, -0.2) is 0 Å². The fourth-order valence-electron chi connectivity index (χ4n) is 1.43. The van der Waals surface area contributed by atoms with Gasteiger partial charge >= 0.3 is 0 Å². The molecule has 0 aliphatic heterocycles. The highest BCUT2D eigenvalue weighted by Crippen LogP contribution is 2.14. The van der Waals surface area contributed by atoms with Crippen LogP contribution in [0.1, 0.15) is 28.8 Å². The fourth-order valence-corrected chi connectivity index (χ4v) is 1.59. The number of carbonyl (C=O) groups excluding carboxylic acids is 1. The molecule has 94 valence electrons. The van der Waals surface area contributed by atoms with Gasteiger partial charge in [0, 0.05) is 6.42 Å². The summed E-state index contributed by atoms with van der Waals surface area (Å²) < 4.78 is 5.33. The monoisotopic (exact) mass is 264 g/mol. The molecule has 6 nitrogen and oxygen atoms in total. The van der Waals surface area contributed by atoms with Gasteiger partial charge in [0.25, 0.3) is 5.91 Å². The number of aryl methyl sites for hydroxylation is 1. The maximum Gasteiger partial charge on any atom is 0.292 e. The molecular formula is C11H12N4O2S. The standard InChI is InChI=1S/C11H12N4O2S/c1-2-6-3-4-8(17-6)11(16)14-10-7(9(12)18)5-13-15-10/h3-5H,2H2,1H3,(H2,12,18)(H2,13,14,15,16). The predicted molar refractivity (Wildman–Crippen MR) is 70.5 cm³/mol. The van der Waals surface area contributed by atoms with Crippen molar-refractivity contribution in [3.8, 4) is 0 Å². The molecule has 2 rings (SSSR count). The largest absolute Gasteiger partial charge is 0.456 e. The highest BCUT2D eigenvalue weighted by atomic mass is 32.1. The molecule has 0 saturated heterocycles. The summed E-state index contributed by atoms with van der Waals surface area (Å²) >= 11 is 4.84. The van der Waals surface area contributed by atoms with Crippen molar-refractivity contribution >= 4 is 28.9 Å².